The first-order valence-corrected chi connectivity index (χ1v) is 16.2. The van der Waals surface area contributed by atoms with E-state index in [2.05, 4.69) is 66.4 Å². The van der Waals surface area contributed by atoms with Crippen molar-refractivity contribution in [3.05, 3.63) is 27.3 Å². The van der Waals surface area contributed by atoms with Gasteiger partial charge >= 0.3 is 21.7 Å². The summed E-state index contributed by atoms with van der Waals surface area (Å²) in [5.41, 5.74) is 1.51. The first kappa shape index (κ1) is 33.2. The van der Waals surface area contributed by atoms with Crippen molar-refractivity contribution in [3.8, 4) is 0 Å². The normalized spacial score (nSPS) is 38.6. The summed E-state index contributed by atoms with van der Waals surface area (Å²) >= 11 is 2.48. The molecule has 1 saturated heterocycles. The van der Waals surface area contributed by atoms with E-state index in [1.807, 2.05) is 0 Å². The van der Waals surface area contributed by atoms with E-state index < -0.39 is 8.24 Å². The number of hydrogen-bond donors (Lipinski definition) is 0. The summed E-state index contributed by atoms with van der Waals surface area (Å²) in [4.78, 5) is 5.60. The Balaban J connectivity index is 0.00000240. The second-order valence-corrected chi connectivity index (χ2v) is 19.0. The molecule has 8 atom stereocenters. The van der Waals surface area contributed by atoms with Crippen molar-refractivity contribution in [2.24, 2.45) is 35.0 Å². The summed E-state index contributed by atoms with van der Waals surface area (Å²) in [5.74, 6) is 4.99. The smallest absolute Gasteiger partial charge is 0.660 e. The quantitative estimate of drug-likeness (QED) is 0.265. The van der Waals surface area contributed by atoms with Crippen molar-refractivity contribution in [2.45, 2.75) is 121 Å². The molecule has 3 saturated carbocycles. The van der Waals surface area contributed by atoms with Gasteiger partial charge in [0.1, 0.15) is 0 Å². The Morgan fingerprint density at radius 3 is 1.94 bits per heavy atom. The molecule has 0 aromatic rings. The largest absolute Gasteiger partial charge is 4.00 e. The molecule has 0 spiro atoms. The van der Waals surface area contributed by atoms with Crippen LogP contribution in [0.5, 0.6) is 0 Å². The summed E-state index contributed by atoms with van der Waals surface area (Å²) in [6.07, 6.45) is 10.6. The van der Waals surface area contributed by atoms with Crippen molar-refractivity contribution in [2.75, 3.05) is 0 Å². The van der Waals surface area contributed by atoms with E-state index in [1.54, 1.807) is 0 Å². The van der Waals surface area contributed by atoms with E-state index in [9.17, 15) is 0 Å². The number of nitrogens with zero attached hydrogens (tertiary/aromatic N) is 1. The zero-order valence-corrected chi connectivity index (χ0v) is 26.8. The van der Waals surface area contributed by atoms with Crippen LogP contribution in [0.15, 0.2) is 0 Å². The number of hydrogen-bond acceptors (Lipinski definition) is 1. The van der Waals surface area contributed by atoms with Crippen molar-refractivity contribution in [1.29, 1.82) is 0 Å². The average molecular weight is 514 g/mol. The van der Waals surface area contributed by atoms with Gasteiger partial charge in [-0.25, -0.2) is 0 Å². The minimum atomic E-state index is -1.65. The molecule has 0 N–H and O–H groups in total. The topological polar surface area (TPSA) is 14.1 Å². The van der Waals surface area contributed by atoms with E-state index in [0.29, 0.717) is 5.41 Å². The number of rotatable bonds is 2. The Morgan fingerprint density at radius 2 is 1.38 bits per heavy atom. The third kappa shape index (κ3) is 6.32. The van der Waals surface area contributed by atoms with Gasteiger partial charge in [0, 0.05) is 10.5 Å². The van der Waals surface area contributed by atoms with Crippen LogP contribution in [0.25, 0.3) is 4.98 Å². The molecule has 4 rings (SSSR count). The van der Waals surface area contributed by atoms with Gasteiger partial charge in [-0.3, -0.25) is 0 Å². The zero-order valence-electron chi connectivity index (χ0n) is 23.4. The molecule has 0 aromatic heterocycles. The van der Waals surface area contributed by atoms with E-state index in [1.165, 1.54) is 44.9 Å². The zero-order chi connectivity index (χ0) is 20.5. The van der Waals surface area contributed by atoms with Gasteiger partial charge in [-0.15, -0.1) is 5.54 Å². The molecule has 32 heavy (non-hydrogen) atoms. The molecule has 1 heterocycles. The van der Waals surface area contributed by atoms with Crippen LogP contribution in [0.1, 0.15) is 86.5 Å². The molecule has 0 amide bonds. The molecule has 1 aliphatic heterocycles. The van der Waals surface area contributed by atoms with Crippen molar-refractivity contribution >= 4 is 20.0 Å². The van der Waals surface area contributed by atoms with Gasteiger partial charge in [0.05, 0.1) is 0 Å². The molecule has 0 aromatic carbocycles. The van der Waals surface area contributed by atoms with Crippen LogP contribution >= 0.6 is 11.8 Å². The third-order valence-corrected chi connectivity index (χ3v) is 14.7. The number of thioether (sulfide) groups is 1. The Morgan fingerprint density at radius 1 is 0.781 bits per heavy atom. The molecular weight excluding hydrogens is 458 g/mol. The summed E-state index contributed by atoms with van der Waals surface area (Å²) in [7, 11) is -1.65. The Bertz CT molecular complexity index is 581. The fourth-order valence-electron chi connectivity index (χ4n) is 8.17. The fraction of sp³-hybridized carbons (Fsp3) is 0.893. The molecule has 0 bridgehead atoms. The first-order valence-electron chi connectivity index (χ1n) is 12.3. The van der Waals surface area contributed by atoms with Gasteiger partial charge < -0.3 is 27.3 Å². The standard InChI is InChI=1S/C25H46NSSi.3CH3.Ti/c1-24(2,3)16-13-14-17-19(15-16)23(28(7,8)26-25(4,5)6)22-21(17)18-11-9-10-12-20(18)27-22;;;;/h16-23H,9-15H2,1-8H3;3*1H3;/q4*-1;+4. The Kier molecular flexibility index (Phi) is 12.0. The maximum atomic E-state index is 5.60. The fourth-order valence-corrected chi connectivity index (χ4v) is 15.9. The summed E-state index contributed by atoms with van der Waals surface area (Å²) in [6, 6.07) is 0. The predicted octanol–water partition coefficient (Wildman–Crippen LogP) is 9.46. The van der Waals surface area contributed by atoms with Crippen LogP contribution in [0, 0.1) is 57.3 Å². The van der Waals surface area contributed by atoms with Gasteiger partial charge in [-0.05, 0) is 72.6 Å². The third-order valence-electron chi connectivity index (χ3n) is 8.89. The van der Waals surface area contributed by atoms with Crippen molar-refractivity contribution < 1.29 is 21.7 Å². The monoisotopic (exact) mass is 513 g/mol. The molecule has 4 heteroatoms. The summed E-state index contributed by atoms with van der Waals surface area (Å²) < 4.78 is 0. The summed E-state index contributed by atoms with van der Waals surface area (Å²) in [5, 5.41) is 1.93. The van der Waals surface area contributed by atoms with Crippen LogP contribution in [0.2, 0.25) is 18.6 Å². The van der Waals surface area contributed by atoms with Gasteiger partial charge in [0.15, 0.2) is 0 Å². The minimum Gasteiger partial charge on any atom is -0.660 e. The van der Waals surface area contributed by atoms with Gasteiger partial charge in [-0.2, -0.15) is 11.8 Å². The first-order chi connectivity index (χ1) is 12.9. The maximum absolute atomic E-state index is 5.60. The van der Waals surface area contributed by atoms with E-state index in [0.717, 1.165) is 45.6 Å². The second-order valence-electron chi connectivity index (χ2n) is 13.3. The molecule has 4 fully saturated rings. The van der Waals surface area contributed by atoms with Crippen LogP contribution in [0.4, 0.5) is 0 Å². The van der Waals surface area contributed by atoms with Crippen LogP contribution in [-0.2, 0) is 21.7 Å². The molecule has 4 aliphatic rings. The van der Waals surface area contributed by atoms with Crippen LogP contribution < -0.4 is 0 Å². The molecule has 0 radical (unpaired) electrons. The second kappa shape index (κ2) is 11.5. The predicted molar refractivity (Wildman–Crippen MR) is 148 cm³/mol. The van der Waals surface area contributed by atoms with Crippen LogP contribution in [0.3, 0.4) is 0 Å². The average Bonchev–Trinajstić information content (AvgIpc) is 3.04. The number of fused-ring (bicyclic) bond motifs is 5. The molecule has 186 valence electrons. The van der Waals surface area contributed by atoms with Gasteiger partial charge in [0.25, 0.3) is 0 Å². The SMILES string of the molecule is CC(C)(C)[N-][Si](C)(C)C1C2CC(C(C)(C)C)CCC2C2C3CCCCC3SC21.[CH3-].[CH3-].[CH3-].[Ti+4]. The molecule has 8 unspecified atom stereocenters. The molecular formula is C28H55NSSiTi. The van der Waals surface area contributed by atoms with Crippen molar-refractivity contribution in [3.63, 3.8) is 0 Å². The van der Waals surface area contributed by atoms with Crippen LogP contribution in [-0.4, -0.2) is 24.3 Å². The Hall–Kier alpha value is 1.24. The maximum Gasteiger partial charge on any atom is 4.00 e. The molecule has 3 aliphatic carbocycles. The van der Waals surface area contributed by atoms with E-state index in [4.69, 9.17) is 4.98 Å². The minimum absolute atomic E-state index is 0. The Labute approximate surface area is 224 Å². The molecule has 1 nitrogen and oxygen atoms in total. The van der Waals surface area contributed by atoms with Crippen molar-refractivity contribution in [1.82, 2.24) is 0 Å². The van der Waals surface area contributed by atoms with E-state index >= 15 is 0 Å². The van der Waals surface area contributed by atoms with Gasteiger partial charge in [0.2, 0.25) is 0 Å². The summed E-state index contributed by atoms with van der Waals surface area (Å²) in [6.45, 7) is 19.8. The van der Waals surface area contributed by atoms with Gasteiger partial charge in [-0.1, -0.05) is 75.7 Å². The van der Waals surface area contributed by atoms with E-state index in [-0.39, 0.29) is 49.5 Å².